The van der Waals surface area contributed by atoms with Crippen molar-refractivity contribution in [3.8, 4) is 22.5 Å². The Morgan fingerprint density at radius 2 is 1.64 bits per heavy atom. The van der Waals surface area contributed by atoms with Crippen LogP contribution in [0.3, 0.4) is 0 Å². The number of urea groups is 1. The molecule has 3 aromatic carbocycles. The van der Waals surface area contributed by atoms with E-state index in [9.17, 15) is 14.4 Å². The summed E-state index contributed by atoms with van der Waals surface area (Å²) in [6.07, 6.45) is 1.78. The SMILES string of the molecule is CCCCC(=O)N(Cc1ccc(-c2ccccc2-c2nn[nH]n2)cc1)C(CNC(=O)Nc1c(C)cc(C)cc1C)C(=O)OCC. The number of esters is 1. The number of benzene rings is 3. The van der Waals surface area contributed by atoms with Gasteiger partial charge >= 0.3 is 12.0 Å². The Morgan fingerprint density at radius 3 is 2.27 bits per heavy atom. The Balaban J connectivity index is 1.56. The van der Waals surface area contributed by atoms with Crippen LogP contribution in [-0.2, 0) is 20.9 Å². The number of carbonyl (C=O) groups excluding carboxylic acids is 3. The number of nitrogens with one attached hydrogen (secondary N) is 3. The predicted octanol–water partition coefficient (Wildman–Crippen LogP) is 5.73. The quantitative estimate of drug-likeness (QED) is 0.164. The number of amides is 3. The number of H-pyrrole nitrogens is 1. The van der Waals surface area contributed by atoms with Crippen molar-refractivity contribution in [2.24, 2.45) is 0 Å². The van der Waals surface area contributed by atoms with Crippen LogP contribution in [-0.4, -0.2) is 62.6 Å². The third-order valence-corrected chi connectivity index (χ3v) is 7.50. The van der Waals surface area contributed by atoms with Gasteiger partial charge in [0.2, 0.25) is 11.7 Å². The fourth-order valence-corrected chi connectivity index (χ4v) is 5.32. The number of aromatic amines is 1. The average molecular weight is 612 g/mol. The van der Waals surface area contributed by atoms with Gasteiger partial charge < -0.3 is 20.3 Å². The van der Waals surface area contributed by atoms with Crippen LogP contribution in [0.5, 0.6) is 0 Å². The monoisotopic (exact) mass is 611 g/mol. The number of unbranched alkanes of at least 4 members (excludes halogenated alkanes) is 1. The first-order valence-electron chi connectivity index (χ1n) is 15.2. The largest absolute Gasteiger partial charge is 0.464 e. The second-order valence-electron chi connectivity index (χ2n) is 11.0. The van der Waals surface area contributed by atoms with Crippen LogP contribution < -0.4 is 10.6 Å². The van der Waals surface area contributed by atoms with Crippen molar-refractivity contribution in [2.75, 3.05) is 18.5 Å². The summed E-state index contributed by atoms with van der Waals surface area (Å²) in [5.74, 6) is -0.270. The van der Waals surface area contributed by atoms with Gasteiger partial charge in [0.1, 0.15) is 6.04 Å². The molecule has 45 heavy (non-hydrogen) atoms. The topological polar surface area (TPSA) is 142 Å². The number of nitrogens with zero attached hydrogens (tertiary/aromatic N) is 4. The molecule has 0 aliphatic heterocycles. The van der Waals surface area contributed by atoms with E-state index < -0.39 is 18.0 Å². The van der Waals surface area contributed by atoms with Crippen molar-refractivity contribution in [1.29, 1.82) is 0 Å². The molecule has 11 heteroatoms. The van der Waals surface area contributed by atoms with E-state index in [0.29, 0.717) is 17.9 Å². The summed E-state index contributed by atoms with van der Waals surface area (Å²) in [7, 11) is 0. The summed E-state index contributed by atoms with van der Waals surface area (Å²) in [4.78, 5) is 41.3. The van der Waals surface area contributed by atoms with Gasteiger partial charge in [-0.05, 0) is 67.1 Å². The molecule has 1 aromatic heterocycles. The standard InChI is InChI=1S/C34H41N7O4/c1-6-8-13-30(42)41(21-25-14-16-26(17-15-25)27-11-9-10-12-28(27)32-37-39-40-38-32)29(33(43)45-7-2)20-35-34(44)36-31-23(4)18-22(3)19-24(31)5/h9-12,14-19,29H,6-8,13,20-21H2,1-5H3,(H2,35,36,44)(H,37,38,39,40). The zero-order chi connectivity index (χ0) is 32.3. The Labute approximate surface area is 263 Å². The van der Waals surface area contributed by atoms with Gasteiger partial charge in [0.25, 0.3) is 0 Å². The van der Waals surface area contributed by atoms with Crippen LogP contribution in [0.15, 0.2) is 60.7 Å². The fourth-order valence-electron chi connectivity index (χ4n) is 5.32. The van der Waals surface area contributed by atoms with Crippen molar-refractivity contribution in [1.82, 2.24) is 30.8 Å². The van der Waals surface area contributed by atoms with E-state index in [0.717, 1.165) is 45.4 Å². The van der Waals surface area contributed by atoms with Gasteiger partial charge in [-0.3, -0.25) is 4.79 Å². The third-order valence-electron chi connectivity index (χ3n) is 7.50. The lowest BCUT2D eigenvalue weighted by atomic mass is 9.98. The lowest BCUT2D eigenvalue weighted by molar-refractivity contribution is -0.155. The van der Waals surface area contributed by atoms with Crippen molar-refractivity contribution < 1.29 is 19.1 Å². The van der Waals surface area contributed by atoms with E-state index in [4.69, 9.17) is 4.74 Å². The molecule has 1 unspecified atom stereocenters. The summed E-state index contributed by atoms with van der Waals surface area (Å²) in [6.45, 7) is 9.79. The molecule has 236 valence electrons. The van der Waals surface area contributed by atoms with Crippen LogP contribution in [0, 0.1) is 20.8 Å². The molecule has 11 nitrogen and oxygen atoms in total. The fraction of sp³-hybridized carbons (Fsp3) is 0.353. The summed E-state index contributed by atoms with van der Waals surface area (Å²) < 4.78 is 5.38. The smallest absolute Gasteiger partial charge is 0.330 e. The summed E-state index contributed by atoms with van der Waals surface area (Å²) >= 11 is 0. The number of ether oxygens (including phenoxy) is 1. The van der Waals surface area contributed by atoms with E-state index in [2.05, 4.69) is 31.3 Å². The molecule has 4 aromatic rings. The van der Waals surface area contributed by atoms with Crippen LogP contribution in [0.2, 0.25) is 0 Å². The Kier molecular flexibility index (Phi) is 11.4. The van der Waals surface area contributed by atoms with Crippen LogP contribution in [0.1, 0.15) is 55.4 Å². The molecule has 4 rings (SSSR count). The second kappa shape index (κ2) is 15.6. The maximum Gasteiger partial charge on any atom is 0.330 e. The van der Waals surface area contributed by atoms with E-state index >= 15 is 0 Å². The molecule has 0 bridgehead atoms. The number of aromatic nitrogens is 4. The molecule has 0 saturated heterocycles. The molecule has 0 radical (unpaired) electrons. The summed E-state index contributed by atoms with van der Waals surface area (Å²) in [5.41, 5.74) is 7.20. The first-order chi connectivity index (χ1) is 21.7. The first kappa shape index (κ1) is 32.8. The van der Waals surface area contributed by atoms with E-state index in [1.165, 1.54) is 4.90 Å². The number of hydrogen-bond acceptors (Lipinski definition) is 7. The minimum atomic E-state index is -1.01. The van der Waals surface area contributed by atoms with E-state index in [1.807, 2.05) is 88.4 Å². The van der Waals surface area contributed by atoms with Crippen molar-refractivity contribution in [3.05, 3.63) is 82.9 Å². The summed E-state index contributed by atoms with van der Waals surface area (Å²) in [5, 5.41) is 20.1. The average Bonchev–Trinajstić information content (AvgIpc) is 3.57. The minimum Gasteiger partial charge on any atom is -0.464 e. The maximum atomic E-state index is 13.5. The number of hydrogen-bond donors (Lipinski definition) is 3. The van der Waals surface area contributed by atoms with Gasteiger partial charge in [0, 0.05) is 24.2 Å². The van der Waals surface area contributed by atoms with Gasteiger partial charge in [0.15, 0.2) is 0 Å². The molecular formula is C34H41N7O4. The Bertz CT molecular complexity index is 1580. The lowest BCUT2D eigenvalue weighted by Crippen LogP contribution is -2.52. The van der Waals surface area contributed by atoms with Gasteiger partial charge in [-0.15, -0.1) is 10.2 Å². The molecule has 0 aliphatic rings. The number of aryl methyl sites for hydroxylation is 3. The van der Waals surface area contributed by atoms with Gasteiger partial charge in [-0.1, -0.05) is 79.6 Å². The zero-order valence-corrected chi connectivity index (χ0v) is 26.5. The molecule has 1 atom stereocenters. The van der Waals surface area contributed by atoms with Crippen molar-refractivity contribution in [3.63, 3.8) is 0 Å². The molecule has 0 fully saturated rings. The van der Waals surface area contributed by atoms with Crippen LogP contribution >= 0.6 is 0 Å². The number of anilines is 1. The highest BCUT2D eigenvalue weighted by Crippen LogP contribution is 2.30. The normalized spacial score (nSPS) is 11.5. The number of rotatable bonds is 13. The van der Waals surface area contributed by atoms with E-state index in [-0.39, 0.29) is 32.0 Å². The lowest BCUT2D eigenvalue weighted by Gasteiger charge is -2.31. The molecule has 0 saturated carbocycles. The predicted molar refractivity (Wildman–Crippen MR) is 173 cm³/mol. The van der Waals surface area contributed by atoms with Gasteiger partial charge in [-0.2, -0.15) is 5.21 Å². The van der Waals surface area contributed by atoms with Gasteiger partial charge in [-0.25, -0.2) is 9.59 Å². The van der Waals surface area contributed by atoms with Crippen molar-refractivity contribution >= 4 is 23.6 Å². The highest BCUT2D eigenvalue weighted by molar-refractivity contribution is 5.92. The molecule has 3 amide bonds. The Hall–Kier alpha value is -5.06. The van der Waals surface area contributed by atoms with E-state index in [1.54, 1.807) is 6.92 Å². The molecule has 1 heterocycles. The second-order valence-corrected chi connectivity index (χ2v) is 11.0. The Morgan fingerprint density at radius 1 is 0.956 bits per heavy atom. The third kappa shape index (κ3) is 8.53. The maximum absolute atomic E-state index is 13.5. The summed E-state index contributed by atoms with van der Waals surface area (Å²) in [6, 6.07) is 18.0. The molecule has 0 spiro atoms. The minimum absolute atomic E-state index is 0.108. The molecular weight excluding hydrogens is 570 g/mol. The zero-order valence-electron chi connectivity index (χ0n) is 26.5. The molecule has 0 aliphatic carbocycles. The first-order valence-corrected chi connectivity index (χ1v) is 15.2. The number of carbonyl (C=O) groups is 3. The highest BCUT2D eigenvalue weighted by atomic mass is 16.5. The van der Waals surface area contributed by atoms with Crippen molar-refractivity contribution in [2.45, 2.75) is 66.5 Å². The van der Waals surface area contributed by atoms with Crippen LogP contribution in [0.4, 0.5) is 10.5 Å². The highest BCUT2D eigenvalue weighted by Gasteiger charge is 2.31. The number of tetrazole rings is 1. The molecule has 3 N–H and O–H groups in total. The van der Waals surface area contributed by atoms with Gasteiger partial charge in [0.05, 0.1) is 13.2 Å². The van der Waals surface area contributed by atoms with Crippen LogP contribution in [0.25, 0.3) is 22.5 Å².